The molecule has 14 heteroatoms. The molecule has 0 bridgehead atoms. The first-order valence-electron chi connectivity index (χ1n) is 13.8. The summed E-state index contributed by atoms with van der Waals surface area (Å²) in [4.78, 5) is 38.4. The number of aliphatic hydroxyl groups is 1. The van der Waals surface area contributed by atoms with Crippen molar-refractivity contribution in [2.75, 3.05) is 6.54 Å². The molecule has 1 saturated heterocycles. The third kappa shape index (κ3) is 9.60. The zero-order valence-corrected chi connectivity index (χ0v) is 23.9. The van der Waals surface area contributed by atoms with Gasteiger partial charge in [0.15, 0.2) is 0 Å². The molecule has 5 N–H and O–H groups in total. The Labute approximate surface area is 238 Å². The van der Waals surface area contributed by atoms with Crippen molar-refractivity contribution in [3.8, 4) is 0 Å². The van der Waals surface area contributed by atoms with E-state index in [0.29, 0.717) is 18.5 Å². The Morgan fingerprint density at radius 2 is 1.76 bits per heavy atom. The molecule has 1 aromatic rings. The summed E-state index contributed by atoms with van der Waals surface area (Å²) >= 11 is 0. The fourth-order valence-electron chi connectivity index (χ4n) is 5.35. The van der Waals surface area contributed by atoms with Crippen molar-refractivity contribution in [1.29, 1.82) is 0 Å². The molecule has 5 unspecified atom stereocenters. The summed E-state index contributed by atoms with van der Waals surface area (Å²) in [5.74, 6) is -5.19. The van der Waals surface area contributed by atoms with Crippen molar-refractivity contribution < 1.29 is 46.0 Å². The van der Waals surface area contributed by atoms with Crippen molar-refractivity contribution in [3.63, 3.8) is 0 Å². The van der Waals surface area contributed by atoms with E-state index in [-0.39, 0.29) is 56.3 Å². The van der Waals surface area contributed by atoms with Crippen LogP contribution in [0.4, 0.5) is 13.6 Å². The molecule has 41 heavy (non-hydrogen) atoms. The lowest BCUT2D eigenvalue weighted by atomic mass is 9.81. The van der Waals surface area contributed by atoms with Crippen molar-refractivity contribution in [3.05, 3.63) is 35.9 Å². The van der Waals surface area contributed by atoms with Gasteiger partial charge in [-0.2, -0.15) is 8.42 Å². The Bertz CT molecular complexity index is 1160. The van der Waals surface area contributed by atoms with Crippen LogP contribution in [0.1, 0.15) is 70.5 Å². The SMILES string of the molecule is CC(C)CC(NC(=O)OC(c1ccccc1)C1CCC(F)(F)CC1)C(=O)NC(CC1CCNC1=O)C(O)S(=O)(=O)O. The maximum Gasteiger partial charge on any atom is 0.408 e. The van der Waals surface area contributed by atoms with Crippen molar-refractivity contribution >= 4 is 28.0 Å². The first-order valence-corrected chi connectivity index (χ1v) is 15.3. The van der Waals surface area contributed by atoms with Crippen molar-refractivity contribution in [2.45, 2.75) is 88.3 Å². The van der Waals surface area contributed by atoms with E-state index in [1.54, 1.807) is 44.2 Å². The van der Waals surface area contributed by atoms with Crippen LogP contribution in [0.3, 0.4) is 0 Å². The van der Waals surface area contributed by atoms with E-state index < -0.39 is 57.6 Å². The fourth-order valence-corrected chi connectivity index (χ4v) is 5.95. The Morgan fingerprint density at radius 3 is 2.29 bits per heavy atom. The molecule has 0 spiro atoms. The van der Waals surface area contributed by atoms with Crippen LogP contribution >= 0.6 is 0 Å². The second kappa shape index (κ2) is 13.9. The van der Waals surface area contributed by atoms with E-state index in [1.807, 2.05) is 0 Å². The number of hydrogen-bond donors (Lipinski definition) is 5. The van der Waals surface area contributed by atoms with E-state index in [9.17, 15) is 41.2 Å². The van der Waals surface area contributed by atoms with Crippen LogP contribution < -0.4 is 16.0 Å². The van der Waals surface area contributed by atoms with Crippen LogP contribution in [0.15, 0.2) is 30.3 Å². The fraction of sp³-hybridized carbons (Fsp3) is 0.667. The van der Waals surface area contributed by atoms with Gasteiger partial charge in [-0.15, -0.1) is 0 Å². The van der Waals surface area contributed by atoms with Gasteiger partial charge in [-0.3, -0.25) is 14.1 Å². The number of amides is 3. The highest BCUT2D eigenvalue weighted by Gasteiger charge is 2.41. The zero-order chi connectivity index (χ0) is 30.4. The lowest BCUT2D eigenvalue weighted by Crippen LogP contribution is -2.55. The highest BCUT2D eigenvalue weighted by Crippen LogP contribution is 2.42. The normalized spacial score (nSPS) is 22.3. The van der Waals surface area contributed by atoms with Gasteiger partial charge in [-0.1, -0.05) is 44.2 Å². The number of aliphatic hydroxyl groups excluding tert-OH is 1. The van der Waals surface area contributed by atoms with Crippen LogP contribution in [0.2, 0.25) is 0 Å². The van der Waals surface area contributed by atoms with Crippen LogP contribution in [0.5, 0.6) is 0 Å². The summed E-state index contributed by atoms with van der Waals surface area (Å²) in [6.07, 6.45) is -2.02. The Hall–Kier alpha value is -2.84. The van der Waals surface area contributed by atoms with Gasteiger partial charge in [0.2, 0.25) is 23.2 Å². The topological polar surface area (TPSA) is 171 Å². The van der Waals surface area contributed by atoms with E-state index in [0.717, 1.165) is 0 Å². The predicted octanol–water partition coefficient (Wildman–Crippen LogP) is 2.91. The predicted molar refractivity (Wildman–Crippen MR) is 144 cm³/mol. The minimum Gasteiger partial charge on any atom is -0.441 e. The van der Waals surface area contributed by atoms with Gasteiger partial charge in [0.05, 0.1) is 6.04 Å². The second-order valence-corrected chi connectivity index (χ2v) is 12.8. The number of carbonyl (C=O) groups excluding carboxylic acids is 3. The molecule has 230 valence electrons. The van der Waals surface area contributed by atoms with Gasteiger partial charge < -0.3 is 25.8 Å². The molecule has 3 amide bonds. The third-order valence-corrected chi connectivity index (χ3v) is 8.48. The molecule has 1 heterocycles. The lowest BCUT2D eigenvalue weighted by Gasteiger charge is -2.34. The van der Waals surface area contributed by atoms with E-state index >= 15 is 0 Å². The van der Waals surface area contributed by atoms with E-state index in [4.69, 9.17) is 4.74 Å². The number of benzene rings is 1. The molecule has 5 atom stereocenters. The molecule has 1 aliphatic heterocycles. The maximum atomic E-state index is 13.8. The average Bonchev–Trinajstić information content (AvgIpc) is 3.30. The minimum atomic E-state index is -5.00. The molecule has 2 aliphatic rings. The minimum absolute atomic E-state index is 0.102. The van der Waals surface area contributed by atoms with Crippen molar-refractivity contribution in [2.24, 2.45) is 17.8 Å². The monoisotopic (exact) mass is 603 g/mol. The average molecular weight is 604 g/mol. The molecule has 1 saturated carbocycles. The van der Waals surface area contributed by atoms with Gasteiger partial charge in [-0.05, 0) is 43.6 Å². The summed E-state index contributed by atoms with van der Waals surface area (Å²) in [6, 6.07) is 5.92. The van der Waals surface area contributed by atoms with Crippen molar-refractivity contribution in [1.82, 2.24) is 16.0 Å². The summed E-state index contributed by atoms with van der Waals surface area (Å²) in [6.45, 7) is 3.92. The zero-order valence-electron chi connectivity index (χ0n) is 23.1. The van der Waals surface area contributed by atoms with Gasteiger partial charge in [0.25, 0.3) is 10.1 Å². The standard InChI is InChI=1S/C27H39F2N3O8S/c1-16(2)14-20(24(34)31-21(25(35)41(37,38)39)15-19-10-13-30-23(19)33)32-26(36)40-22(17-6-4-3-5-7-17)18-8-11-27(28,29)12-9-18/h3-7,16,18-22,25,35H,8-15H2,1-2H3,(H,30,33)(H,31,34)(H,32,36)(H,37,38,39). The molecular weight excluding hydrogens is 564 g/mol. The Balaban J connectivity index is 1.75. The Morgan fingerprint density at radius 1 is 1.12 bits per heavy atom. The summed E-state index contributed by atoms with van der Waals surface area (Å²) in [5.41, 5.74) is -1.78. The number of nitrogens with one attached hydrogen (secondary N) is 3. The molecular formula is C27H39F2N3O8S. The highest BCUT2D eigenvalue weighted by molar-refractivity contribution is 7.86. The maximum absolute atomic E-state index is 13.8. The summed E-state index contributed by atoms with van der Waals surface area (Å²) in [7, 11) is -5.00. The third-order valence-electron chi connectivity index (χ3n) is 7.55. The number of hydrogen-bond acceptors (Lipinski definition) is 7. The molecule has 2 fully saturated rings. The number of alkyl carbamates (subject to hydrolysis) is 1. The second-order valence-electron chi connectivity index (χ2n) is 11.3. The van der Waals surface area contributed by atoms with Gasteiger partial charge in [0.1, 0.15) is 12.1 Å². The van der Waals surface area contributed by atoms with Crippen LogP contribution in [-0.2, 0) is 24.4 Å². The molecule has 3 rings (SSSR count). The van der Waals surface area contributed by atoms with Gasteiger partial charge >= 0.3 is 6.09 Å². The van der Waals surface area contributed by atoms with Crippen LogP contribution in [-0.4, -0.2) is 66.0 Å². The molecule has 11 nitrogen and oxygen atoms in total. The van der Waals surface area contributed by atoms with E-state index in [1.165, 1.54) is 0 Å². The molecule has 0 aromatic heterocycles. The quantitative estimate of drug-likeness (QED) is 0.227. The van der Waals surface area contributed by atoms with Gasteiger partial charge in [0, 0.05) is 31.2 Å². The summed E-state index contributed by atoms with van der Waals surface area (Å²) in [5, 5.41) is 17.7. The smallest absolute Gasteiger partial charge is 0.408 e. The van der Waals surface area contributed by atoms with E-state index in [2.05, 4.69) is 16.0 Å². The number of alkyl halides is 2. The number of rotatable bonds is 12. The first-order chi connectivity index (χ1) is 19.2. The van der Waals surface area contributed by atoms with Crippen LogP contribution in [0, 0.1) is 17.8 Å². The summed E-state index contributed by atoms with van der Waals surface area (Å²) < 4.78 is 66.2. The lowest BCUT2D eigenvalue weighted by molar-refractivity contribution is -0.126. The highest BCUT2D eigenvalue weighted by atomic mass is 32.2. The first kappa shape index (κ1) is 32.7. The molecule has 1 aromatic carbocycles. The number of halogens is 2. The van der Waals surface area contributed by atoms with Gasteiger partial charge in [-0.25, -0.2) is 13.6 Å². The number of ether oxygens (including phenoxy) is 1. The largest absolute Gasteiger partial charge is 0.441 e. The number of carbonyl (C=O) groups is 3. The molecule has 1 aliphatic carbocycles. The molecule has 0 radical (unpaired) electrons. The van der Waals surface area contributed by atoms with Crippen LogP contribution in [0.25, 0.3) is 0 Å². The Kier molecular flexibility index (Phi) is 11.1.